The molecule has 246 valence electrons. The van der Waals surface area contributed by atoms with Crippen molar-refractivity contribution >= 4 is 51.3 Å². The van der Waals surface area contributed by atoms with Crippen LogP contribution >= 0.6 is 11.6 Å². The summed E-state index contributed by atoms with van der Waals surface area (Å²) in [7, 11) is 4.07. The van der Waals surface area contributed by atoms with Crippen molar-refractivity contribution in [3.05, 3.63) is 40.3 Å². The molecule has 2 aliphatic heterocycles. The predicted molar refractivity (Wildman–Crippen MR) is 179 cm³/mol. The van der Waals surface area contributed by atoms with E-state index in [0.29, 0.717) is 71.5 Å². The molecular formula is C33H42ClFN8O3. The number of amides is 1. The van der Waals surface area contributed by atoms with Gasteiger partial charge in [-0.25, -0.2) is 14.2 Å². The van der Waals surface area contributed by atoms with E-state index < -0.39 is 11.4 Å². The fraction of sp³-hybridized carbons (Fsp3) is 0.515. The van der Waals surface area contributed by atoms with E-state index in [2.05, 4.69) is 24.9 Å². The number of H-pyrrole nitrogens is 1. The number of aryl methyl sites for hydroxylation is 1. The Bertz CT molecular complexity index is 1820. The van der Waals surface area contributed by atoms with Gasteiger partial charge in [-0.05, 0) is 73.3 Å². The molecule has 0 spiro atoms. The van der Waals surface area contributed by atoms with Crippen molar-refractivity contribution in [2.75, 3.05) is 50.1 Å². The van der Waals surface area contributed by atoms with E-state index >= 15 is 4.39 Å². The van der Waals surface area contributed by atoms with Gasteiger partial charge in [0.2, 0.25) is 5.95 Å². The Morgan fingerprint density at radius 1 is 1.13 bits per heavy atom. The number of nitrogens with zero attached hydrogens (tertiary/aromatic N) is 7. The van der Waals surface area contributed by atoms with Gasteiger partial charge in [0.05, 0.1) is 22.8 Å². The lowest BCUT2D eigenvalue weighted by Gasteiger charge is -2.46. The first-order valence-electron chi connectivity index (χ1n) is 15.6. The van der Waals surface area contributed by atoms with Crippen molar-refractivity contribution in [2.24, 2.45) is 0 Å². The smallest absolute Gasteiger partial charge is 0.410 e. The first-order chi connectivity index (χ1) is 21.7. The van der Waals surface area contributed by atoms with Gasteiger partial charge in [0.15, 0.2) is 5.82 Å². The molecule has 0 aliphatic carbocycles. The zero-order chi connectivity index (χ0) is 33.2. The third-order valence-electron chi connectivity index (χ3n) is 9.03. The number of hydrogen-bond donors (Lipinski definition) is 2. The van der Waals surface area contributed by atoms with Crippen LogP contribution in [-0.4, -0.2) is 105 Å². The molecular weight excluding hydrogens is 611 g/mol. The van der Waals surface area contributed by atoms with Crippen LogP contribution in [0.15, 0.2) is 18.2 Å². The molecule has 1 amide bonds. The number of aliphatic hydroxyl groups is 1. The molecule has 2 saturated heterocycles. The molecule has 6 rings (SSSR count). The maximum absolute atomic E-state index is 17.1. The van der Waals surface area contributed by atoms with Crippen molar-refractivity contribution in [2.45, 2.75) is 71.9 Å². The molecule has 2 unspecified atom stereocenters. The number of ether oxygens (including phenoxy) is 1. The summed E-state index contributed by atoms with van der Waals surface area (Å²) in [4.78, 5) is 31.0. The quantitative estimate of drug-likeness (QED) is 0.295. The van der Waals surface area contributed by atoms with Gasteiger partial charge in [0.1, 0.15) is 16.9 Å². The summed E-state index contributed by atoms with van der Waals surface area (Å²) in [5.74, 6) is 0.445. The Labute approximate surface area is 273 Å². The van der Waals surface area contributed by atoms with Gasteiger partial charge in [0.25, 0.3) is 0 Å². The van der Waals surface area contributed by atoms with Crippen LogP contribution in [0.5, 0.6) is 0 Å². The molecule has 2 atom stereocenters. The van der Waals surface area contributed by atoms with Crippen LogP contribution in [0.1, 0.15) is 45.9 Å². The molecule has 4 aromatic rings. The number of fused-ring (bicyclic) bond motifs is 2. The maximum Gasteiger partial charge on any atom is 0.410 e. The minimum absolute atomic E-state index is 0.156. The van der Waals surface area contributed by atoms with E-state index in [1.807, 2.05) is 67.8 Å². The minimum Gasteiger partial charge on any atom is -0.444 e. The number of nitrogens with one attached hydrogen (secondary N) is 1. The van der Waals surface area contributed by atoms with E-state index in [1.165, 1.54) is 0 Å². The lowest BCUT2D eigenvalue weighted by Crippen LogP contribution is -2.59. The van der Waals surface area contributed by atoms with Crippen LogP contribution in [0.4, 0.5) is 21.0 Å². The van der Waals surface area contributed by atoms with Crippen molar-refractivity contribution in [3.63, 3.8) is 0 Å². The molecule has 0 radical (unpaired) electrons. The minimum atomic E-state index is -0.611. The van der Waals surface area contributed by atoms with E-state index in [-0.39, 0.29) is 40.9 Å². The molecule has 2 fully saturated rings. The summed E-state index contributed by atoms with van der Waals surface area (Å²) in [6, 6.07) is 5.42. The Morgan fingerprint density at radius 3 is 2.50 bits per heavy atom. The predicted octanol–water partition coefficient (Wildman–Crippen LogP) is 5.35. The zero-order valence-corrected chi connectivity index (χ0v) is 28.4. The SMILES string of the molecule is Cc1ccc2n[nH]c(CO)c2c1-c1c(Cl)cc2c(N3CC(C)N(C(=O)OC(C)(C)C)CC3C)nc(N3CC(N(C)C)C3)nc2c1F. The number of likely N-dealkylation sites (N-methyl/N-ethyl adjacent to an activating group) is 1. The maximum atomic E-state index is 17.1. The monoisotopic (exact) mass is 652 g/mol. The van der Waals surface area contributed by atoms with Gasteiger partial charge in [0, 0.05) is 66.2 Å². The van der Waals surface area contributed by atoms with Gasteiger partial charge in [-0.1, -0.05) is 17.7 Å². The van der Waals surface area contributed by atoms with Crippen molar-refractivity contribution in [3.8, 4) is 11.1 Å². The highest BCUT2D eigenvalue weighted by atomic mass is 35.5. The molecule has 2 aromatic carbocycles. The van der Waals surface area contributed by atoms with Crippen LogP contribution in [0.2, 0.25) is 5.02 Å². The number of carbonyl (C=O) groups excluding carboxylic acids is 1. The number of aromatic nitrogens is 4. The van der Waals surface area contributed by atoms with E-state index in [9.17, 15) is 9.90 Å². The summed E-state index contributed by atoms with van der Waals surface area (Å²) < 4.78 is 22.8. The van der Waals surface area contributed by atoms with Gasteiger partial charge in [-0.15, -0.1) is 0 Å². The molecule has 13 heteroatoms. The molecule has 2 N–H and O–H groups in total. The Kier molecular flexibility index (Phi) is 8.27. The normalized spacial score (nSPS) is 19.4. The molecule has 4 heterocycles. The van der Waals surface area contributed by atoms with Gasteiger partial charge in [-0.2, -0.15) is 10.1 Å². The van der Waals surface area contributed by atoms with Crippen molar-refractivity contribution in [1.29, 1.82) is 0 Å². The summed E-state index contributed by atoms with van der Waals surface area (Å²) in [5, 5.41) is 18.6. The molecule has 2 aliphatic rings. The Balaban J connectivity index is 1.50. The van der Waals surface area contributed by atoms with Crippen LogP contribution < -0.4 is 9.80 Å². The second-order valence-corrected chi connectivity index (χ2v) is 14.2. The number of aliphatic hydroxyl groups excluding tert-OH is 1. The number of piperazine rings is 1. The highest BCUT2D eigenvalue weighted by Crippen LogP contribution is 2.44. The summed E-state index contributed by atoms with van der Waals surface area (Å²) in [6.45, 7) is 13.4. The van der Waals surface area contributed by atoms with Gasteiger partial charge in [-0.3, -0.25) is 5.10 Å². The summed E-state index contributed by atoms with van der Waals surface area (Å²) in [5.41, 5.74) is 2.18. The Hall–Kier alpha value is -3.74. The number of anilines is 2. The van der Waals surface area contributed by atoms with Crippen LogP contribution in [-0.2, 0) is 11.3 Å². The summed E-state index contributed by atoms with van der Waals surface area (Å²) >= 11 is 6.98. The number of hydrogen-bond acceptors (Lipinski definition) is 9. The zero-order valence-electron chi connectivity index (χ0n) is 27.6. The largest absolute Gasteiger partial charge is 0.444 e. The van der Waals surface area contributed by atoms with Crippen LogP contribution in [0.25, 0.3) is 32.9 Å². The molecule has 11 nitrogen and oxygen atoms in total. The van der Waals surface area contributed by atoms with E-state index in [4.69, 9.17) is 26.3 Å². The average Bonchev–Trinajstić information content (AvgIpc) is 3.36. The van der Waals surface area contributed by atoms with Crippen LogP contribution in [0, 0.1) is 12.7 Å². The highest BCUT2D eigenvalue weighted by molar-refractivity contribution is 6.35. The third kappa shape index (κ3) is 5.60. The third-order valence-corrected chi connectivity index (χ3v) is 9.32. The fourth-order valence-corrected chi connectivity index (χ4v) is 6.70. The van der Waals surface area contributed by atoms with Crippen molar-refractivity contribution < 1.29 is 19.0 Å². The Morgan fingerprint density at radius 2 is 1.85 bits per heavy atom. The van der Waals surface area contributed by atoms with Crippen molar-refractivity contribution in [1.82, 2.24) is 30.0 Å². The molecule has 2 aromatic heterocycles. The number of benzene rings is 2. The number of halogens is 2. The molecule has 0 saturated carbocycles. The number of carbonyl (C=O) groups is 1. The standard InChI is InChI=1S/C33H42ClFN8O3/c1-17-9-10-23-27(24(16-44)39-38-23)25(17)26-22(34)11-21-29(28(26)35)36-31(41-14-20(15-41)40(7)8)37-30(21)42-12-19(3)43(13-18(42)2)32(45)46-33(4,5)6/h9-11,18-20,44H,12-16H2,1-8H3,(H,38,39). The second kappa shape index (κ2) is 11.8. The molecule has 46 heavy (non-hydrogen) atoms. The van der Waals surface area contributed by atoms with E-state index in [0.717, 1.165) is 5.56 Å². The average molecular weight is 653 g/mol. The first-order valence-corrected chi connectivity index (χ1v) is 16.0. The topological polar surface area (TPSA) is 114 Å². The van der Waals surface area contributed by atoms with Gasteiger partial charge >= 0.3 is 6.09 Å². The lowest BCUT2D eigenvalue weighted by molar-refractivity contribution is 0.0130. The van der Waals surface area contributed by atoms with Crippen LogP contribution in [0.3, 0.4) is 0 Å². The number of rotatable bonds is 5. The first kappa shape index (κ1) is 32.2. The van der Waals surface area contributed by atoms with E-state index in [1.54, 1.807) is 11.0 Å². The summed E-state index contributed by atoms with van der Waals surface area (Å²) in [6.07, 6.45) is -0.361. The van der Waals surface area contributed by atoms with Gasteiger partial charge < -0.3 is 29.4 Å². The molecule has 0 bridgehead atoms. The lowest BCUT2D eigenvalue weighted by atomic mass is 9.93. The second-order valence-electron chi connectivity index (χ2n) is 13.8. The highest BCUT2D eigenvalue weighted by Gasteiger charge is 2.38. The fourth-order valence-electron chi connectivity index (χ4n) is 6.41. The number of aromatic amines is 1.